The number of rotatable bonds is 12. The van der Waals surface area contributed by atoms with Gasteiger partial charge in [-0.3, -0.25) is 0 Å². The maximum atomic E-state index is 13.6. The number of fused-ring (bicyclic) bond motifs is 2. The van der Waals surface area contributed by atoms with E-state index in [9.17, 15) is 17.6 Å². The van der Waals surface area contributed by atoms with Crippen molar-refractivity contribution in [2.45, 2.75) is 42.1 Å². The fourth-order valence-electron chi connectivity index (χ4n) is 5.53. The van der Waals surface area contributed by atoms with Gasteiger partial charge in [-0.15, -0.1) is 0 Å². The molecule has 0 radical (unpaired) electrons. The standard InChI is InChI=1S/C25H29ClFNO6S/c26-18-6-10-20(11-7-18)35(31,32)28-14-21-22(3-1-2-12-33-15-24(29)30)25(13-23(21)34-16-25)17-4-8-19(27)9-5-17/h4-11,21-23,28H,1-3,12-16H2,(H,29,30)/t21-,22-,23?,25?/m0/s1. The Bertz CT molecular complexity index is 1130. The third-order valence-corrected chi connectivity index (χ3v) is 8.85. The Kier molecular flexibility index (Phi) is 8.12. The Morgan fingerprint density at radius 3 is 2.57 bits per heavy atom. The van der Waals surface area contributed by atoms with Gasteiger partial charge in [-0.2, -0.15) is 0 Å². The normalized spacial score (nSPS) is 25.7. The third-order valence-electron chi connectivity index (χ3n) is 7.16. The Morgan fingerprint density at radius 2 is 1.89 bits per heavy atom. The van der Waals surface area contributed by atoms with Gasteiger partial charge < -0.3 is 14.6 Å². The van der Waals surface area contributed by atoms with E-state index < -0.39 is 16.0 Å². The Balaban J connectivity index is 1.49. The average molecular weight is 526 g/mol. The van der Waals surface area contributed by atoms with E-state index in [2.05, 4.69) is 4.72 Å². The van der Waals surface area contributed by atoms with Gasteiger partial charge in [0.25, 0.3) is 0 Å². The third kappa shape index (κ3) is 5.86. The molecule has 7 nitrogen and oxygen atoms in total. The minimum absolute atomic E-state index is 0.0594. The zero-order chi connectivity index (χ0) is 25.1. The molecule has 0 spiro atoms. The predicted octanol–water partition coefficient (Wildman–Crippen LogP) is 4.00. The minimum atomic E-state index is -3.72. The molecule has 0 aromatic heterocycles. The second kappa shape index (κ2) is 10.9. The van der Waals surface area contributed by atoms with Crippen molar-refractivity contribution in [1.29, 1.82) is 0 Å². The van der Waals surface area contributed by atoms with E-state index in [0.717, 1.165) is 24.8 Å². The molecule has 2 bridgehead atoms. The first-order chi connectivity index (χ1) is 16.7. The van der Waals surface area contributed by atoms with E-state index in [4.69, 9.17) is 26.2 Å². The summed E-state index contributed by atoms with van der Waals surface area (Å²) in [5.74, 6) is -1.26. The monoisotopic (exact) mass is 525 g/mol. The summed E-state index contributed by atoms with van der Waals surface area (Å²) >= 11 is 5.89. The molecule has 2 N–H and O–H groups in total. The van der Waals surface area contributed by atoms with Crippen molar-refractivity contribution in [3.63, 3.8) is 0 Å². The quantitative estimate of drug-likeness (QED) is 0.406. The average Bonchev–Trinajstić information content (AvgIpc) is 3.38. The summed E-state index contributed by atoms with van der Waals surface area (Å²) in [6.45, 7) is 0.743. The van der Waals surface area contributed by atoms with Crippen molar-refractivity contribution in [3.8, 4) is 0 Å². The van der Waals surface area contributed by atoms with Crippen LogP contribution in [-0.4, -0.2) is 52.0 Å². The van der Waals surface area contributed by atoms with Gasteiger partial charge in [-0.1, -0.05) is 30.2 Å². The molecular weight excluding hydrogens is 497 g/mol. The first-order valence-electron chi connectivity index (χ1n) is 11.6. The van der Waals surface area contributed by atoms with Crippen molar-refractivity contribution in [3.05, 3.63) is 64.9 Å². The van der Waals surface area contributed by atoms with Gasteiger partial charge in [0.2, 0.25) is 10.0 Å². The van der Waals surface area contributed by atoms with Crippen LogP contribution >= 0.6 is 11.6 Å². The lowest BCUT2D eigenvalue weighted by Crippen LogP contribution is -2.44. The predicted molar refractivity (Wildman–Crippen MR) is 128 cm³/mol. The van der Waals surface area contributed by atoms with Crippen LogP contribution in [0.3, 0.4) is 0 Å². The minimum Gasteiger partial charge on any atom is -0.480 e. The summed E-state index contributed by atoms with van der Waals surface area (Å²) in [5.41, 5.74) is 0.674. The second-order valence-corrected chi connectivity index (χ2v) is 11.4. The van der Waals surface area contributed by atoms with Gasteiger partial charge >= 0.3 is 5.97 Å². The maximum Gasteiger partial charge on any atom is 0.329 e. The molecule has 1 saturated carbocycles. The number of unbranched alkanes of at least 4 members (excludes halogenated alkanes) is 1. The van der Waals surface area contributed by atoms with Crippen molar-refractivity contribution >= 4 is 27.6 Å². The number of carbonyl (C=O) groups is 1. The zero-order valence-corrected chi connectivity index (χ0v) is 20.7. The summed E-state index contributed by atoms with van der Waals surface area (Å²) in [5, 5.41) is 9.18. The maximum absolute atomic E-state index is 13.6. The summed E-state index contributed by atoms with van der Waals surface area (Å²) in [7, 11) is -3.72. The smallest absolute Gasteiger partial charge is 0.329 e. The summed E-state index contributed by atoms with van der Waals surface area (Å²) in [6.07, 6.45) is 2.91. The van der Waals surface area contributed by atoms with E-state index in [0.29, 0.717) is 24.7 Å². The molecule has 190 valence electrons. The van der Waals surface area contributed by atoms with Gasteiger partial charge in [0.15, 0.2) is 0 Å². The van der Waals surface area contributed by atoms with Crippen LogP contribution in [0.4, 0.5) is 4.39 Å². The van der Waals surface area contributed by atoms with Crippen LogP contribution in [0.5, 0.6) is 0 Å². The number of halogens is 2. The van der Waals surface area contributed by atoms with Crippen LogP contribution in [0.2, 0.25) is 5.02 Å². The Labute approximate surface area is 209 Å². The highest BCUT2D eigenvalue weighted by Gasteiger charge is 2.59. The summed E-state index contributed by atoms with van der Waals surface area (Å²) in [4.78, 5) is 10.8. The highest BCUT2D eigenvalue weighted by molar-refractivity contribution is 7.89. The Hall–Kier alpha value is -2.04. The van der Waals surface area contributed by atoms with Gasteiger partial charge in [0, 0.05) is 29.5 Å². The molecule has 4 rings (SSSR count). The lowest BCUT2D eigenvalue weighted by molar-refractivity contribution is -0.142. The van der Waals surface area contributed by atoms with Gasteiger partial charge in [0.05, 0.1) is 17.6 Å². The summed E-state index contributed by atoms with van der Waals surface area (Å²) in [6, 6.07) is 12.5. The molecule has 2 aromatic carbocycles. The lowest BCUT2D eigenvalue weighted by atomic mass is 9.69. The van der Waals surface area contributed by atoms with Crippen LogP contribution < -0.4 is 4.72 Å². The molecule has 2 unspecified atom stereocenters. The van der Waals surface area contributed by atoms with Crippen molar-refractivity contribution in [2.24, 2.45) is 11.8 Å². The number of nitrogens with one attached hydrogen (secondary N) is 1. The second-order valence-electron chi connectivity index (χ2n) is 9.23. The lowest BCUT2D eigenvalue weighted by Gasteiger charge is -2.40. The Morgan fingerprint density at radius 1 is 1.17 bits per heavy atom. The van der Waals surface area contributed by atoms with Crippen molar-refractivity contribution < 1.29 is 32.2 Å². The topological polar surface area (TPSA) is 102 Å². The highest BCUT2D eigenvalue weighted by Crippen LogP contribution is 2.56. The van der Waals surface area contributed by atoms with Crippen molar-refractivity contribution in [2.75, 3.05) is 26.4 Å². The fourth-order valence-corrected chi connectivity index (χ4v) is 6.73. The molecule has 2 fully saturated rings. The van der Waals surface area contributed by atoms with E-state index in [1.807, 2.05) is 0 Å². The first-order valence-corrected chi connectivity index (χ1v) is 13.5. The van der Waals surface area contributed by atoms with Crippen LogP contribution in [0, 0.1) is 17.7 Å². The molecule has 1 saturated heterocycles. The molecule has 35 heavy (non-hydrogen) atoms. The highest BCUT2D eigenvalue weighted by atomic mass is 35.5. The van der Waals surface area contributed by atoms with Crippen LogP contribution in [0.15, 0.2) is 53.4 Å². The van der Waals surface area contributed by atoms with E-state index in [1.54, 1.807) is 12.1 Å². The number of benzene rings is 2. The zero-order valence-electron chi connectivity index (χ0n) is 19.2. The molecule has 1 heterocycles. The number of sulfonamides is 1. The molecule has 2 aliphatic rings. The van der Waals surface area contributed by atoms with E-state index in [1.165, 1.54) is 36.4 Å². The number of hydrogen-bond acceptors (Lipinski definition) is 5. The van der Waals surface area contributed by atoms with Gasteiger partial charge in [-0.25, -0.2) is 22.3 Å². The SMILES string of the molecule is O=C(O)COCCCC[C@H]1[C@H](CNS(=O)(=O)c2ccc(Cl)cc2)C2CC1(c1ccc(F)cc1)CO2. The van der Waals surface area contributed by atoms with Gasteiger partial charge in [-0.05, 0) is 67.1 Å². The molecule has 4 atom stereocenters. The molecule has 1 aliphatic carbocycles. The fraction of sp³-hybridized carbons (Fsp3) is 0.480. The number of hydrogen-bond donors (Lipinski definition) is 2. The molecule has 10 heteroatoms. The van der Waals surface area contributed by atoms with Gasteiger partial charge in [0.1, 0.15) is 12.4 Å². The number of carboxylic acid groups (broad SMARTS) is 1. The van der Waals surface area contributed by atoms with E-state index in [-0.39, 0.29) is 47.2 Å². The number of ether oxygens (including phenoxy) is 2. The number of carboxylic acids is 1. The molecule has 2 aromatic rings. The molecular formula is C25H29ClFNO6S. The van der Waals surface area contributed by atoms with Crippen LogP contribution in [0.1, 0.15) is 31.2 Å². The largest absolute Gasteiger partial charge is 0.480 e. The van der Waals surface area contributed by atoms with E-state index >= 15 is 0 Å². The van der Waals surface area contributed by atoms with Crippen LogP contribution in [0.25, 0.3) is 0 Å². The molecule has 1 aliphatic heterocycles. The van der Waals surface area contributed by atoms with Crippen LogP contribution in [-0.2, 0) is 29.7 Å². The number of aliphatic carboxylic acids is 1. The van der Waals surface area contributed by atoms with Crippen molar-refractivity contribution in [1.82, 2.24) is 4.72 Å². The first kappa shape index (κ1) is 26.0. The molecule has 0 amide bonds. The summed E-state index contributed by atoms with van der Waals surface area (Å²) < 4.78 is 53.4.